The summed E-state index contributed by atoms with van der Waals surface area (Å²) in [4.78, 5) is 12.5. The van der Waals surface area contributed by atoms with E-state index in [4.69, 9.17) is 4.74 Å². The molecule has 37 heavy (non-hydrogen) atoms. The maximum atomic E-state index is 14.3. The molecule has 0 spiro atoms. The highest BCUT2D eigenvalue weighted by atomic mass is 32.2. The average Bonchev–Trinajstić information content (AvgIpc) is 3.28. The fraction of sp³-hybridized carbons (Fsp3) is 0.480. The Hall–Kier alpha value is -2.54. The molecule has 3 rings (SSSR count). The third kappa shape index (κ3) is 8.49. The number of halogens is 1. The first kappa shape index (κ1) is 29.0. The summed E-state index contributed by atoms with van der Waals surface area (Å²) in [6.07, 6.45) is 0.171. The number of ether oxygens (including phenoxy) is 1. The Morgan fingerprint density at radius 3 is 2.38 bits per heavy atom. The van der Waals surface area contributed by atoms with Gasteiger partial charge in [-0.1, -0.05) is 36.4 Å². The molecule has 1 aliphatic rings. The third-order valence-corrected chi connectivity index (χ3v) is 9.26. The van der Waals surface area contributed by atoms with Gasteiger partial charge in [0.25, 0.3) is 0 Å². The lowest BCUT2D eigenvalue weighted by atomic mass is 10.1. The zero-order chi connectivity index (χ0) is 27.3. The monoisotopic (exact) mass is 555 g/mol. The van der Waals surface area contributed by atoms with Gasteiger partial charge in [-0.15, -0.1) is 0 Å². The van der Waals surface area contributed by atoms with Gasteiger partial charge in [-0.25, -0.2) is 30.7 Å². The van der Waals surface area contributed by atoms with Gasteiger partial charge in [0.05, 0.1) is 16.7 Å². The normalized spacial score (nSPS) is 17.9. The molecule has 0 aromatic heterocycles. The number of hydrogen-bond donors (Lipinski definition) is 2. The number of amides is 1. The fourth-order valence-electron chi connectivity index (χ4n) is 4.17. The Labute approximate surface area is 218 Å². The fourth-order valence-corrected chi connectivity index (χ4v) is 7.21. The maximum Gasteiger partial charge on any atom is 0.407 e. The summed E-state index contributed by atoms with van der Waals surface area (Å²) >= 11 is 0. The van der Waals surface area contributed by atoms with Crippen molar-refractivity contribution >= 4 is 26.1 Å². The van der Waals surface area contributed by atoms with E-state index in [1.54, 1.807) is 45.0 Å². The Morgan fingerprint density at radius 1 is 1.08 bits per heavy atom. The predicted molar refractivity (Wildman–Crippen MR) is 138 cm³/mol. The standard InChI is InChI=1S/C25H34FN3O6S2/c1-25(2,3)35-24(30)28-20(16-19-10-7-8-14-23(19)26)18-36(31,32)29-15-9-11-21(29)17-27-37(33,34)22-12-5-4-6-13-22/h4-8,10,12-14,20-21,27H,9,11,15-18H2,1-3H3,(H,28,30)/t20-,21+/m1/s1. The topological polar surface area (TPSA) is 122 Å². The summed E-state index contributed by atoms with van der Waals surface area (Å²) < 4.78 is 75.5. The van der Waals surface area contributed by atoms with Crippen LogP contribution in [0.15, 0.2) is 59.5 Å². The first-order chi connectivity index (χ1) is 17.3. The van der Waals surface area contributed by atoms with Crippen LogP contribution in [0.4, 0.5) is 9.18 Å². The largest absolute Gasteiger partial charge is 0.444 e. The molecule has 0 radical (unpaired) electrons. The second kappa shape index (κ2) is 11.9. The van der Waals surface area contributed by atoms with Crippen molar-refractivity contribution in [2.45, 2.75) is 62.6 Å². The van der Waals surface area contributed by atoms with Gasteiger partial charge in [0, 0.05) is 19.1 Å². The van der Waals surface area contributed by atoms with E-state index < -0.39 is 55.4 Å². The van der Waals surface area contributed by atoms with Gasteiger partial charge >= 0.3 is 6.09 Å². The van der Waals surface area contributed by atoms with Crippen LogP contribution < -0.4 is 10.0 Å². The summed E-state index contributed by atoms with van der Waals surface area (Å²) in [6, 6.07) is 12.2. The minimum Gasteiger partial charge on any atom is -0.444 e. The number of hydrogen-bond acceptors (Lipinski definition) is 6. The molecule has 1 heterocycles. The number of benzene rings is 2. The van der Waals surface area contributed by atoms with Crippen LogP contribution in [-0.2, 0) is 31.2 Å². The number of nitrogens with one attached hydrogen (secondary N) is 2. The van der Waals surface area contributed by atoms with Crippen molar-refractivity contribution in [3.63, 3.8) is 0 Å². The Kier molecular flexibility index (Phi) is 9.32. The van der Waals surface area contributed by atoms with Crippen LogP contribution in [0.25, 0.3) is 0 Å². The van der Waals surface area contributed by atoms with Gasteiger partial charge in [0.2, 0.25) is 20.0 Å². The molecule has 204 valence electrons. The van der Waals surface area contributed by atoms with E-state index in [9.17, 15) is 26.0 Å². The number of sulfonamides is 2. The number of carbonyl (C=O) groups excluding carboxylic acids is 1. The van der Waals surface area contributed by atoms with E-state index in [1.165, 1.54) is 34.6 Å². The third-order valence-electron chi connectivity index (χ3n) is 5.80. The van der Waals surface area contributed by atoms with Crippen LogP contribution in [0, 0.1) is 5.82 Å². The second-order valence-corrected chi connectivity index (χ2v) is 13.7. The Morgan fingerprint density at radius 2 is 1.73 bits per heavy atom. The van der Waals surface area contributed by atoms with Crippen LogP contribution in [0.5, 0.6) is 0 Å². The van der Waals surface area contributed by atoms with E-state index in [1.807, 2.05) is 0 Å². The number of nitrogens with zero attached hydrogens (tertiary/aromatic N) is 1. The van der Waals surface area contributed by atoms with Crippen LogP contribution in [0.3, 0.4) is 0 Å². The van der Waals surface area contributed by atoms with Crippen molar-refractivity contribution in [3.05, 3.63) is 66.0 Å². The second-order valence-electron chi connectivity index (χ2n) is 9.99. The van der Waals surface area contributed by atoms with Gasteiger partial charge in [-0.05, 0) is 63.8 Å². The molecule has 1 amide bonds. The molecular formula is C25H34FN3O6S2. The van der Waals surface area contributed by atoms with E-state index in [0.717, 1.165) is 0 Å². The highest BCUT2D eigenvalue weighted by Crippen LogP contribution is 2.23. The molecule has 2 N–H and O–H groups in total. The molecule has 0 bridgehead atoms. The summed E-state index contributed by atoms with van der Waals surface area (Å²) in [5.74, 6) is -1.01. The summed E-state index contributed by atoms with van der Waals surface area (Å²) in [5, 5.41) is 2.58. The molecule has 9 nitrogen and oxygen atoms in total. The molecule has 12 heteroatoms. The minimum atomic E-state index is -3.96. The summed E-state index contributed by atoms with van der Waals surface area (Å²) in [5.41, 5.74) is -0.547. The average molecular weight is 556 g/mol. The number of alkyl carbamates (subject to hydrolysis) is 1. The predicted octanol–water partition coefficient (Wildman–Crippen LogP) is 3.03. The van der Waals surface area contributed by atoms with Crippen molar-refractivity contribution in [3.8, 4) is 0 Å². The molecule has 1 saturated heterocycles. The van der Waals surface area contributed by atoms with E-state index >= 15 is 0 Å². The van der Waals surface area contributed by atoms with Crippen LogP contribution in [0.1, 0.15) is 39.2 Å². The lowest BCUT2D eigenvalue weighted by Gasteiger charge is -2.28. The Balaban J connectivity index is 1.74. The first-order valence-electron chi connectivity index (χ1n) is 12.0. The molecule has 0 saturated carbocycles. The molecule has 0 unspecified atom stereocenters. The van der Waals surface area contributed by atoms with Crippen molar-refractivity contribution < 1.29 is 30.8 Å². The highest BCUT2D eigenvalue weighted by molar-refractivity contribution is 7.89. The number of rotatable bonds is 10. The zero-order valence-electron chi connectivity index (χ0n) is 21.2. The van der Waals surface area contributed by atoms with Crippen molar-refractivity contribution in [2.24, 2.45) is 0 Å². The van der Waals surface area contributed by atoms with Crippen LogP contribution >= 0.6 is 0 Å². The van der Waals surface area contributed by atoms with Gasteiger partial charge in [0.1, 0.15) is 11.4 Å². The molecule has 1 fully saturated rings. The van der Waals surface area contributed by atoms with Crippen LogP contribution in [0.2, 0.25) is 0 Å². The van der Waals surface area contributed by atoms with E-state index in [-0.39, 0.29) is 30.0 Å². The maximum absolute atomic E-state index is 14.3. The molecular weight excluding hydrogens is 521 g/mol. The van der Waals surface area contributed by atoms with Gasteiger partial charge in [-0.3, -0.25) is 0 Å². The quantitative estimate of drug-likeness (QED) is 0.465. The minimum absolute atomic E-state index is 0.0652. The molecule has 1 aliphatic heterocycles. The summed E-state index contributed by atoms with van der Waals surface area (Å²) in [6.45, 7) is 5.18. The first-order valence-corrected chi connectivity index (χ1v) is 15.1. The van der Waals surface area contributed by atoms with E-state index in [2.05, 4.69) is 10.0 Å². The smallest absolute Gasteiger partial charge is 0.407 e. The molecule has 2 atom stereocenters. The van der Waals surface area contributed by atoms with Crippen molar-refractivity contribution in [1.29, 1.82) is 0 Å². The molecule has 2 aromatic rings. The van der Waals surface area contributed by atoms with Gasteiger partial charge in [-0.2, -0.15) is 4.31 Å². The lowest BCUT2D eigenvalue weighted by molar-refractivity contribution is 0.0509. The van der Waals surface area contributed by atoms with Crippen LogP contribution in [-0.4, -0.2) is 63.8 Å². The zero-order valence-corrected chi connectivity index (χ0v) is 22.8. The van der Waals surface area contributed by atoms with Gasteiger partial charge in [0.15, 0.2) is 0 Å². The van der Waals surface area contributed by atoms with Gasteiger partial charge < -0.3 is 10.1 Å². The van der Waals surface area contributed by atoms with Crippen molar-refractivity contribution in [2.75, 3.05) is 18.8 Å². The highest BCUT2D eigenvalue weighted by Gasteiger charge is 2.37. The SMILES string of the molecule is CC(C)(C)OC(=O)N[C@H](Cc1ccccc1F)CS(=O)(=O)N1CCC[C@H]1CNS(=O)(=O)c1ccccc1. The van der Waals surface area contributed by atoms with Crippen molar-refractivity contribution in [1.82, 2.24) is 14.3 Å². The molecule has 0 aliphatic carbocycles. The number of carbonyl (C=O) groups is 1. The molecule has 2 aromatic carbocycles. The Bertz CT molecular complexity index is 1280. The lowest BCUT2D eigenvalue weighted by Crippen LogP contribution is -2.49. The van der Waals surface area contributed by atoms with E-state index in [0.29, 0.717) is 12.8 Å². The summed E-state index contributed by atoms with van der Waals surface area (Å²) in [7, 11) is -7.76.